The molecule has 4 nitrogen and oxygen atoms in total. The molecule has 2 aromatic carbocycles. The zero-order valence-corrected chi connectivity index (χ0v) is 13.9. The van der Waals surface area contributed by atoms with Gasteiger partial charge in [-0.3, -0.25) is 9.69 Å². The molecule has 0 bridgehead atoms. The largest absolute Gasteiger partial charge is 0.325 e. The zero-order chi connectivity index (χ0) is 16.6. The molecule has 0 spiro atoms. The second kappa shape index (κ2) is 5.87. The third-order valence-electron chi connectivity index (χ3n) is 3.92. The second-order valence-electron chi connectivity index (χ2n) is 5.56. The summed E-state index contributed by atoms with van der Waals surface area (Å²) in [5.41, 5.74) is 0.187. The smallest absolute Gasteiger partial charge is 0.319 e. The van der Waals surface area contributed by atoms with Crippen LogP contribution in [-0.2, 0) is 16.9 Å². The van der Waals surface area contributed by atoms with Crippen LogP contribution in [0.15, 0.2) is 48.5 Å². The molecule has 118 valence electrons. The van der Waals surface area contributed by atoms with E-state index >= 15 is 0 Å². The highest BCUT2D eigenvalue weighted by molar-refractivity contribution is 6.32. The predicted octanol–water partition coefficient (Wildman–Crippen LogP) is 3.96. The van der Waals surface area contributed by atoms with Crippen LogP contribution in [-0.4, -0.2) is 16.8 Å². The van der Waals surface area contributed by atoms with Gasteiger partial charge in [-0.25, -0.2) is 4.79 Å². The number of urea groups is 1. The van der Waals surface area contributed by atoms with Crippen molar-refractivity contribution in [3.05, 3.63) is 69.7 Å². The summed E-state index contributed by atoms with van der Waals surface area (Å²) in [6.07, 6.45) is 0. The van der Waals surface area contributed by atoms with Crippen molar-refractivity contribution in [2.75, 3.05) is 0 Å². The number of rotatable bonds is 3. The SMILES string of the molecule is C[C@@]1(c2ccccc2Cl)NC(=O)N(Cc2cccc(Cl)c2)C1=O. The number of amides is 3. The molecule has 1 fully saturated rings. The lowest BCUT2D eigenvalue weighted by Crippen LogP contribution is -2.41. The second-order valence-corrected chi connectivity index (χ2v) is 6.40. The lowest BCUT2D eigenvalue weighted by Gasteiger charge is -2.23. The van der Waals surface area contributed by atoms with Gasteiger partial charge in [-0.15, -0.1) is 0 Å². The first-order valence-electron chi connectivity index (χ1n) is 7.05. The number of hydrogen-bond acceptors (Lipinski definition) is 2. The molecule has 23 heavy (non-hydrogen) atoms. The van der Waals surface area contributed by atoms with Crippen molar-refractivity contribution in [1.29, 1.82) is 0 Å². The Morgan fingerprint density at radius 2 is 1.83 bits per heavy atom. The molecule has 3 amide bonds. The quantitative estimate of drug-likeness (QED) is 0.853. The Morgan fingerprint density at radius 3 is 2.52 bits per heavy atom. The normalized spacial score (nSPS) is 20.7. The highest BCUT2D eigenvalue weighted by Gasteiger charge is 2.49. The Hall–Kier alpha value is -2.04. The Bertz CT molecular complexity index is 794. The molecule has 1 heterocycles. The van der Waals surface area contributed by atoms with E-state index in [2.05, 4.69) is 5.32 Å². The van der Waals surface area contributed by atoms with Crippen LogP contribution in [0.4, 0.5) is 4.79 Å². The molecule has 0 saturated carbocycles. The van der Waals surface area contributed by atoms with Crippen LogP contribution < -0.4 is 5.32 Å². The minimum atomic E-state index is -1.17. The molecule has 6 heteroatoms. The summed E-state index contributed by atoms with van der Waals surface area (Å²) >= 11 is 12.2. The Balaban J connectivity index is 1.92. The van der Waals surface area contributed by atoms with Gasteiger partial charge in [-0.2, -0.15) is 0 Å². The molecule has 0 radical (unpaired) electrons. The molecule has 0 aliphatic carbocycles. The van der Waals surface area contributed by atoms with Crippen LogP contribution in [0.5, 0.6) is 0 Å². The van der Waals surface area contributed by atoms with Crippen LogP contribution in [0.2, 0.25) is 10.0 Å². The first-order valence-corrected chi connectivity index (χ1v) is 7.81. The third-order valence-corrected chi connectivity index (χ3v) is 4.48. The zero-order valence-electron chi connectivity index (χ0n) is 12.3. The first kappa shape index (κ1) is 15.8. The first-order chi connectivity index (χ1) is 10.9. The molecule has 1 N–H and O–H groups in total. The standard InChI is InChI=1S/C17H14Cl2N2O2/c1-17(13-7-2-3-8-14(13)19)15(22)21(16(23)20-17)10-11-5-4-6-12(18)9-11/h2-9H,10H2,1H3,(H,20,23)/t17-/m0/s1. The van der Waals surface area contributed by atoms with E-state index < -0.39 is 11.6 Å². The summed E-state index contributed by atoms with van der Waals surface area (Å²) in [6.45, 7) is 1.82. The fourth-order valence-corrected chi connectivity index (χ4v) is 3.25. The molecule has 1 aliphatic rings. The van der Waals surface area contributed by atoms with Gasteiger partial charge in [0.25, 0.3) is 5.91 Å². The summed E-state index contributed by atoms with van der Waals surface area (Å²) in [7, 11) is 0. The van der Waals surface area contributed by atoms with E-state index in [0.29, 0.717) is 15.6 Å². The van der Waals surface area contributed by atoms with Gasteiger partial charge >= 0.3 is 6.03 Å². The number of carbonyl (C=O) groups excluding carboxylic acids is 2. The number of benzene rings is 2. The highest BCUT2D eigenvalue weighted by Crippen LogP contribution is 2.34. The fourth-order valence-electron chi connectivity index (χ4n) is 2.71. The minimum Gasteiger partial charge on any atom is -0.319 e. The van der Waals surface area contributed by atoms with Gasteiger partial charge in [0.2, 0.25) is 0 Å². The summed E-state index contributed by atoms with van der Waals surface area (Å²) in [5.74, 6) is -0.337. The summed E-state index contributed by atoms with van der Waals surface area (Å²) in [6, 6.07) is 13.6. The number of nitrogens with one attached hydrogen (secondary N) is 1. The van der Waals surface area contributed by atoms with Gasteiger partial charge in [0.05, 0.1) is 6.54 Å². The van der Waals surface area contributed by atoms with Crippen LogP contribution in [0.25, 0.3) is 0 Å². The van der Waals surface area contributed by atoms with Gasteiger partial charge in [0.1, 0.15) is 5.54 Å². The number of carbonyl (C=O) groups is 2. The topological polar surface area (TPSA) is 49.4 Å². The van der Waals surface area contributed by atoms with Crippen LogP contribution >= 0.6 is 23.2 Å². The molecule has 1 saturated heterocycles. The van der Waals surface area contributed by atoms with E-state index in [0.717, 1.165) is 5.56 Å². The van der Waals surface area contributed by atoms with Crippen molar-refractivity contribution in [3.8, 4) is 0 Å². The maximum absolute atomic E-state index is 12.8. The number of nitrogens with zero attached hydrogens (tertiary/aromatic N) is 1. The molecule has 0 unspecified atom stereocenters. The predicted molar refractivity (Wildman–Crippen MR) is 89.3 cm³/mol. The number of imide groups is 1. The van der Waals surface area contributed by atoms with Crippen molar-refractivity contribution in [1.82, 2.24) is 10.2 Å². The van der Waals surface area contributed by atoms with E-state index in [4.69, 9.17) is 23.2 Å². The van der Waals surface area contributed by atoms with Crippen LogP contribution in [0.1, 0.15) is 18.1 Å². The average Bonchev–Trinajstić information content (AvgIpc) is 2.72. The number of hydrogen-bond donors (Lipinski definition) is 1. The van der Waals surface area contributed by atoms with Gasteiger partial charge in [0.15, 0.2) is 0 Å². The Morgan fingerprint density at radius 1 is 1.09 bits per heavy atom. The molecular weight excluding hydrogens is 335 g/mol. The Kier molecular flexibility index (Phi) is 4.04. The third kappa shape index (κ3) is 2.80. The summed E-state index contributed by atoms with van der Waals surface area (Å²) in [5, 5.41) is 3.74. The van der Waals surface area contributed by atoms with Crippen LogP contribution in [0.3, 0.4) is 0 Å². The van der Waals surface area contributed by atoms with E-state index in [1.54, 1.807) is 49.4 Å². The van der Waals surface area contributed by atoms with E-state index in [-0.39, 0.29) is 12.5 Å². The molecular formula is C17H14Cl2N2O2. The molecule has 0 aromatic heterocycles. The molecule has 3 rings (SSSR count). The van der Waals surface area contributed by atoms with Gasteiger partial charge < -0.3 is 5.32 Å². The average molecular weight is 349 g/mol. The summed E-state index contributed by atoms with van der Waals surface area (Å²) < 4.78 is 0. The monoisotopic (exact) mass is 348 g/mol. The van der Waals surface area contributed by atoms with E-state index in [9.17, 15) is 9.59 Å². The molecule has 1 aliphatic heterocycles. The van der Waals surface area contributed by atoms with Crippen molar-refractivity contribution in [2.45, 2.75) is 19.0 Å². The van der Waals surface area contributed by atoms with E-state index in [1.165, 1.54) is 4.90 Å². The summed E-state index contributed by atoms with van der Waals surface area (Å²) in [4.78, 5) is 26.3. The molecule has 2 aromatic rings. The van der Waals surface area contributed by atoms with Gasteiger partial charge in [0, 0.05) is 15.6 Å². The van der Waals surface area contributed by atoms with Crippen molar-refractivity contribution in [2.24, 2.45) is 0 Å². The van der Waals surface area contributed by atoms with E-state index in [1.807, 2.05) is 6.07 Å². The van der Waals surface area contributed by atoms with Crippen LogP contribution in [0, 0.1) is 0 Å². The lowest BCUT2D eigenvalue weighted by atomic mass is 9.92. The molecule has 1 atom stereocenters. The maximum Gasteiger partial charge on any atom is 0.325 e. The fraction of sp³-hybridized carbons (Fsp3) is 0.176. The lowest BCUT2D eigenvalue weighted by molar-refractivity contribution is -0.131. The van der Waals surface area contributed by atoms with Crippen molar-refractivity contribution < 1.29 is 9.59 Å². The highest BCUT2D eigenvalue weighted by atomic mass is 35.5. The maximum atomic E-state index is 12.8. The van der Waals surface area contributed by atoms with Crippen molar-refractivity contribution >= 4 is 35.1 Å². The van der Waals surface area contributed by atoms with Gasteiger partial charge in [-0.1, -0.05) is 53.5 Å². The number of halogens is 2. The Labute approximate surface area is 144 Å². The minimum absolute atomic E-state index is 0.158. The van der Waals surface area contributed by atoms with Crippen molar-refractivity contribution in [3.63, 3.8) is 0 Å². The van der Waals surface area contributed by atoms with Gasteiger partial charge in [-0.05, 0) is 30.7 Å².